The van der Waals surface area contributed by atoms with Crippen LogP contribution in [0, 0.1) is 0 Å². The maximum absolute atomic E-state index is 11.5. The molecule has 1 aromatic rings. The van der Waals surface area contributed by atoms with Crippen molar-refractivity contribution in [3.05, 3.63) is 35.4 Å². The zero-order valence-electron chi connectivity index (χ0n) is 9.07. The molecule has 18 heavy (non-hydrogen) atoms. The first kappa shape index (κ1) is 14.1. The standard InChI is InChI=1S/C10H10O7S/c11-9(12)7-3-1-2-4-8(7)10(13)17-5-6-18(14,15)16/h1-4H,5-6H2,(H,11,12)(H,14,15,16). The first-order valence-corrected chi connectivity index (χ1v) is 6.37. The highest BCUT2D eigenvalue weighted by atomic mass is 32.2. The molecule has 98 valence electrons. The Hall–Kier alpha value is -1.93. The lowest BCUT2D eigenvalue weighted by molar-refractivity contribution is 0.0516. The highest BCUT2D eigenvalue weighted by Gasteiger charge is 2.17. The van der Waals surface area contributed by atoms with Gasteiger partial charge in [-0.15, -0.1) is 0 Å². The van der Waals surface area contributed by atoms with Crippen molar-refractivity contribution < 1.29 is 32.4 Å². The number of hydrogen-bond donors (Lipinski definition) is 2. The lowest BCUT2D eigenvalue weighted by Gasteiger charge is -2.06. The molecule has 0 saturated heterocycles. The highest BCUT2D eigenvalue weighted by Crippen LogP contribution is 2.10. The topological polar surface area (TPSA) is 118 Å². The van der Waals surface area contributed by atoms with Crippen LogP contribution in [0.2, 0.25) is 0 Å². The Morgan fingerprint density at radius 2 is 1.72 bits per heavy atom. The summed E-state index contributed by atoms with van der Waals surface area (Å²) in [5.41, 5.74) is -0.422. The molecule has 0 bridgehead atoms. The van der Waals surface area contributed by atoms with Crippen molar-refractivity contribution >= 4 is 22.1 Å². The van der Waals surface area contributed by atoms with E-state index in [0.717, 1.165) is 0 Å². The Bertz CT molecular complexity index is 561. The van der Waals surface area contributed by atoms with Gasteiger partial charge < -0.3 is 9.84 Å². The third-order valence-corrected chi connectivity index (χ3v) is 2.63. The number of hydrogen-bond acceptors (Lipinski definition) is 5. The van der Waals surface area contributed by atoms with E-state index in [1.807, 2.05) is 0 Å². The summed E-state index contributed by atoms with van der Waals surface area (Å²) in [6, 6.07) is 5.37. The van der Waals surface area contributed by atoms with E-state index in [9.17, 15) is 18.0 Å². The van der Waals surface area contributed by atoms with Gasteiger partial charge >= 0.3 is 11.9 Å². The second-order valence-electron chi connectivity index (χ2n) is 3.27. The van der Waals surface area contributed by atoms with Gasteiger partial charge in [0.1, 0.15) is 12.4 Å². The van der Waals surface area contributed by atoms with Gasteiger partial charge in [-0.2, -0.15) is 8.42 Å². The first-order chi connectivity index (χ1) is 8.31. The van der Waals surface area contributed by atoms with Gasteiger partial charge in [0.15, 0.2) is 0 Å². The third kappa shape index (κ3) is 4.15. The minimum Gasteiger partial charge on any atom is -0.478 e. The molecule has 7 nitrogen and oxygen atoms in total. The lowest BCUT2D eigenvalue weighted by Crippen LogP contribution is -2.16. The van der Waals surface area contributed by atoms with Crippen LogP contribution in [0.1, 0.15) is 20.7 Å². The fraction of sp³-hybridized carbons (Fsp3) is 0.200. The van der Waals surface area contributed by atoms with E-state index in [2.05, 4.69) is 4.74 Å². The summed E-state index contributed by atoms with van der Waals surface area (Å²) in [5.74, 6) is -3.00. The number of carbonyl (C=O) groups is 2. The number of carbonyl (C=O) groups excluding carboxylic acids is 1. The van der Waals surface area contributed by atoms with Crippen molar-refractivity contribution in [3.63, 3.8) is 0 Å². The molecular formula is C10H10O7S. The first-order valence-electron chi connectivity index (χ1n) is 4.76. The third-order valence-electron chi connectivity index (χ3n) is 1.95. The van der Waals surface area contributed by atoms with Crippen LogP contribution in [0.5, 0.6) is 0 Å². The van der Waals surface area contributed by atoms with Crippen LogP contribution in [-0.4, -0.2) is 42.4 Å². The minimum atomic E-state index is -4.22. The van der Waals surface area contributed by atoms with Crippen LogP contribution in [0.15, 0.2) is 24.3 Å². The molecule has 0 saturated carbocycles. The van der Waals surface area contributed by atoms with Crippen molar-refractivity contribution in [1.29, 1.82) is 0 Å². The van der Waals surface area contributed by atoms with Crippen LogP contribution in [-0.2, 0) is 14.9 Å². The Morgan fingerprint density at radius 1 is 1.17 bits per heavy atom. The smallest absolute Gasteiger partial charge is 0.339 e. The predicted octanol–water partition coefficient (Wildman–Crippen LogP) is 0.429. The lowest BCUT2D eigenvalue weighted by atomic mass is 10.1. The monoisotopic (exact) mass is 274 g/mol. The van der Waals surface area contributed by atoms with E-state index in [1.54, 1.807) is 0 Å². The molecule has 0 aromatic heterocycles. The van der Waals surface area contributed by atoms with Crippen molar-refractivity contribution in [2.45, 2.75) is 0 Å². The molecule has 8 heteroatoms. The minimum absolute atomic E-state index is 0.180. The number of rotatable bonds is 5. The van der Waals surface area contributed by atoms with Crippen molar-refractivity contribution in [2.24, 2.45) is 0 Å². The molecule has 0 aliphatic heterocycles. The Morgan fingerprint density at radius 3 is 2.22 bits per heavy atom. The van der Waals surface area contributed by atoms with Gasteiger partial charge in [0.2, 0.25) is 0 Å². The molecule has 0 amide bonds. The molecule has 0 aliphatic rings. The second-order valence-corrected chi connectivity index (χ2v) is 4.84. The number of carboxylic acids is 1. The van der Waals surface area contributed by atoms with Gasteiger partial charge in [-0.25, -0.2) is 9.59 Å². The number of ether oxygens (including phenoxy) is 1. The van der Waals surface area contributed by atoms with E-state index in [4.69, 9.17) is 9.66 Å². The predicted molar refractivity (Wildman–Crippen MR) is 60.1 cm³/mol. The summed E-state index contributed by atoms with van der Waals surface area (Å²) in [6.07, 6.45) is 0. The molecule has 0 unspecified atom stereocenters. The number of aromatic carboxylic acids is 1. The second kappa shape index (κ2) is 5.61. The normalized spacial score (nSPS) is 10.9. The number of esters is 1. The van der Waals surface area contributed by atoms with Crippen LogP contribution in [0.4, 0.5) is 0 Å². The molecular weight excluding hydrogens is 264 g/mol. The molecule has 1 rings (SSSR count). The average Bonchev–Trinajstić information content (AvgIpc) is 2.27. The Kier molecular flexibility index (Phi) is 4.40. The van der Waals surface area contributed by atoms with Gasteiger partial charge in [0, 0.05) is 0 Å². The van der Waals surface area contributed by atoms with Gasteiger partial charge in [-0.3, -0.25) is 4.55 Å². The summed E-state index contributed by atoms with van der Waals surface area (Å²) in [5, 5.41) is 8.83. The van der Waals surface area contributed by atoms with E-state index in [1.165, 1.54) is 24.3 Å². The van der Waals surface area contributed by atoms with Crippen LogP contribution in [0.25, 0.3) is 0 Å². The fourth-order valence-electron chi connectivity index (χ4n) is 1.17. The summed E-state index contributed by atoms with van der Waals surface area (Å²) >= 11 is 0. The van der Waals surface area contributed by atoms with Crippen LogP contribution in [0.3, 0.4) is 0 Å². The van der Waals surface area contributed by atoms with Crippen LogP contribution >= 0.6 is 0 Å². The zero-order valence-corrected chi connectivity index (χ0v) is 9.88. The van der Waals surface area contributed by atoms with Gasteiger partial charge in [-0.1, -0.05) is 12.1 Å². The number of carboxylic acid groups (broad SMARTS) is 1. The maximum Gasteiger partial charge on any atom is 0.339 e. The van der Waals surface area contributed by atoms with Crippen molar-refractivity contribution in [1.82, 2.24) is 0 Å². The molecule has 0 spiro atoms. The Balaban J connectivity index is 2.76. The molecule has 0 fully saturated rings. The Labute approximate surface area is 103 Å². The average molecular weight is 274 g/mol. The van der Waals surface area contributed by atoms with Crippen LogP contribution < -0.4 is 0 Å². The van der Waals surface area contributed by atoms with E-state index < -0.39 is 34.4 Å². The highest BCUT2D eigenvalue weighted by molar-refractivity contribution is 7.85. The fourth-order valence-corrected chi connectivity index (χ4v) is 1.46. The zero-order chi connectivity index (χ0) is 13.8. The molecule has 2 N–H and O–H groups in total. The SMILES string of the molecule is O=C(O)c1ccccc1C(=O)OCCS(=O)(=O)O. The largest absolute Gasteiger partial charge is 0.478 e. The van der Waals surface area contributed by atoms with Crippen molar-refractivity contribution in [3.8, 4) is 0 Å². The van der Waals surface area contributed by atoms with E-state index >= 15 is 0 Å². The summed E-state index contributed by atoms with van der Waals surface area (Å²) < 4.78 is 33.8. The van der Waals surface area contributed by atoms with Gasteiger partial charge in [0.05, 0.1) is 11.1 Å². The maximum atomic E-state index is 11.5. The number of benzene rings is 1. The molecule has 0 heterocycles. The molecule has 1 aromatic carbocycles. The van der Waals surface area contributed by atoms with E-state index in [0.29, 0.717) is 0 Å². The summed E-state index contributed by atoms with van der Waals surface area (Å²) in [7, 11) is -4.22. The van der Waals surface area contributed by atoms with E-state index in [-0.39, 0.29) is 11.1 Å². The molecule has 0 radical (unpaired) electrons. The van der Waals surface area contributed by atoms with Gasteiger partial charge in [0.25, 0.3) is 10.1 Å². The molecule has 0 aliphatic carbocycles. The van der Waals surface area contributed by atoms with Gasteiger partial charge in [-0.05, 0) is 12.1 Å². The molecule has 0 atom stereocenters. The summed E-state index contributed by atoms with van der Waals surface area (Å²) in [4.78, 5) is 22.3. The quantitative estimate of drug-likeness (QED) is 0.590. The van der Waals surface area contributed by atoms with Crippen molar-refractivity contribution in [2.75, 3.05) is 12.4 Å². The summed E-state index contributed by atoms with van der Waals surface area (Å²) in [6.45, 7) is -0.550.